The molecule has 3 aromatic rings. The van der Waals surface area contributed by atoms with Crippen molar-refractivity contribution in [2.45, 2.75) is 32.2 Å². The monoisotopic (exact) mass is 376 g/mol. The lowest BCUT2D eigenvalue weighted by molar-refractivity contribution is -0.126. The smallest absolute Gasteiger partial charge is 0.223 e. The lowest BCUT2D eigenvalue weighted by Crippen LogP contribution is -2.40. The van der Waals surface area contributed by atoms with E-state index < -0.39 is 0 Å². The number of aromatic nitrogens is 2. The van der Waals surface area contributed by atoms with Gasteiger partial charge in [-0.15, -0.1) is 0 Å². The molecule has 146 valence electrons. The fourth-order valence-corrected chi connectivity index (χ4v) is 3.94. The van der Waals surface area contributed by atoms with Crippen molar-refractivity contribution in [1.82, 2.24) is 20.2 Å². The summed E-state index contributed by atoms with van der Waals surface area (Å²) in [5.74, 6) is 1.37. The van der Waals surface area contributed by atoms with Crippen molar-refractivity contribution >= 4 is 16.9 Å². The fraction of sp³-hybridized carbons (Fsp3) is 0.391. The highest BCUT2D eigenvalue weighted by Crippen LogP contribution is 2.19. The normalized spacial score (nSPS) is 15.7. The Morgan fingerprint density at radius 2 is 1.82 bits per heavy atom. The second kappa shape index (κ2) is 9.02. The van der Waals surface area contributed by atoms with Crippen LogP contribution in [0.2, 0.25) is 0 Å². The topological polar surface area (TPSA) is 61.0 Å². The number of nitrogens with zero attached hydrogens (tertiary/aromatic N) is 2. The number of imidazole rings is 1. The molecule has 1 aliphatic heterocycles. The van der Waals surface area contributed by atoms with Crippen LogP contribution < -0.4 is 5.32 Å². The second-order valence-electron chi connectivity index (χ2n) is 7.63. The lowest BCUT2D eigenvalue weighted by atomic mass is 9.96. The average molecular weight is 377 g/mol. The number of aryl methyl sites for hydroxylation is 1. The van der Waals surface area contributed by atoms with E-state index in [4.69, 9.17) is 0 Å². The van der Waals surface area contributed by atoms with Crippen LogP contribution in [-0.4, -0.2) is 40.4 Å². The number of benzene rings is 2. The van der Waals surface area contributed by atoms with Crippen molar-refractivity contribution in [3.05, 3.63) is 66.0 Å². The Kier molecular flexibility index (Phi) is 6.02. The van der Waals surface area contributed by atoms with Gasteiger partial charge >= 0.3 is 0 Å². The summed E-state index contributed by atoms with van der Waals surface area (Å²) in [7, 11) is 0. The molecular formula is C23H28N4O. The molecule has 1 fully saturated rings. The Morgan fingerprint density at radius 1 is 1.07 bits per heavy atom. The van der Waals surface area contributed by atoms with Gasteiger partial charge in [-0.3, -0.25) is 9.69 Å². The molecule has 0 atom stereocenters. The van der Waals surface area contributed by atoms with Gasteiger partial charge in [0.05, 0.1) is 17.6 Å². The van der Waals surface area contributed by atoms with Crippen molar-refractivity contribution in [3.8, 4) is 0 Å². The van der Waals surface area contributed by atoms with Gasteiger partial charge in [0.1, 0.15) is 5.82 Å². The molecule has 0 radical (unpaired) electrons. The number of aromatic amines is 1. The number of rotatable bonds is 7. The number of carbonyl (C=O) groups excluding carboxylic acids is 1. The van der Waals surface area contributed by atoms with E-state index in [0.29, 0.717) is 0 Å². The van der Waals surface area contributed by atoms with E-state index in [-0.39, 0.29) is 11.8 Å². The molecule has 0 bridgehead atoms. The summed E-state index contributed by atoms with van der Waals surface area (Å²) in [6, 6.07) is 18.6. The number of hydrogen-bond donors (Lipinski definition) is 2. The molecule has 2 heterocycles. The minimum atomic E-state index is 0.142. The van der Waals surface area contributed by atoms with Crippen molar-refractivity contribution in [2.24, 2.45) is 5.92 Å². The molecule has 0 saturated carbocycles. The van der Waals surface area contributed by atoms with Crippen molar-refractivity contribution < 1.29 is 4.79 Å². The number of likely N-dealkylation sites (tertiary alicyclic amines) is 1. The van der Waals surface area contributed by atoms with E-state index in [0.717, 1.165) is 68.7 Å². The highest BCUT2D eigenvalue weighted by atomic mass is 16.1. The number of para-hydroxylation sites is 2. The largest absolute Gasteiger partial charge is 0.356 e. The van der Waals surface area contributed by atoms with Crippen LogP contribution >= 0.6 is 0 Å². The summed E-state index contributed by atoms with van der Waals surface area (Å²) in [6.45, 7) is 3.46. The first-order valence-electron chi connectivity index (χ1n) is 10.3. The zero-order valence-electron chi connectivity index (χ0n) is 16.2. The van der Waals surface area contributed by atoms with Crippen LogP contribution in [0.3, 0.4) is 0 Å². The minimum absolute atomic E-state index is 0.142. The highest BCUT2D eigenvalue weighted by Gasteiger charge is 2.25. The van der Waals surface area contributed by atoms with Gasteiger partial charge in [0.15, 0.2) is 0 Å². The Labute approximate surface area is 166 Å². The average Bonchev–Trinajstić information content (AvgIpc) is 3.14. The van der Waals surface area contributed by atoms with E-state index in [2.05, 4.69) is 50.5 Å². The molecule has 4 rings (SSSR count). The number of fused-ring (bicyclic) bond motifs is 1. The van der Waals surface area contributed by atoms with Gasteiger partial charge in [0, 0.05) is 12.5 Å². The third-order valence-electron chi connectivity index (χ3n) is 5.55. The number of H-pyrrole nitrogens is 1. The zero-order chi connectivity index (χ0) is 19.2. The predicted octanol–water partition coefficient (Wildman–Crippen LogP) is 3.52. The first-order chi connectivity index (χ1) is 13.8. The molecule has 1 saturated heterocycles. The summed E-state index contributed by atoms with van der Waals surface area (Å²) < 4.78 is 0. The molecular weight excluding hydrogens is 348 g/mol. The van der Waals surface area contributed by atoms with Crippen LogP contribution in [0.4, 0.5) is 0 Å². The maximum absolute atomic E-state index is 12.4. The van der Waals surface area contributed by atoms with Crippen LogP contribution in [0, 0.1) is 5.92 Å². The maximum Gasteiger partial charge on any atom is 0.223 e. The van der Waals surface area contributed by atoms with Crippen LogP contribution in [0.25, 0.3) is 11.0 Å². The zero-order valence-corrected chi connectivity index (χ0v) is 16.2. The number of nitrogens with one attached hydrogen (secondary N) is 2. The summed E-state index contributed by atoms with van der Waals surface area (Å²) in [6.07, 6.45) is 3.84. The summed E-state index contributed by atoms with van der Waals surface area (Å²) in [5, 5.41) is 3.13. The van der Waals surface area contributed by atoms with Crippen LogP contribution in [0.15, 0.2) is 54.6 Å². The van der Waals surface area contributed by atoms with Gasteiger partial charge in [-0.05, 0) is 56.5 Å². The van der Waals surface area contributed by atoms with Gasteiger partial charge in [-0.1, -0.05) is 42.5 Å². The number of piperidine rings is 1. The molecule has 28 heavy (non-hydrogen) atoms. The summed E-state index contributed by atoms with van der Waals surface area (Å²) >= 11 is 0. The molecule has 1 aliphatic rings. The third-order valence-corrected chi connectivity index (χ3v) is 5.55. The van der Waals surface area contributed by atoms with Crippen molar-refractivity contribution in [1.29, 1.82) is 0 Å². The van der Waals surface area contributed by atoms with Gasteiger partial charge < -0.3 is 10.3 Å². The van der Waals surface area contributed by atoms with Crippen LogP contribution in [0.5, 0.6) is 0 Å². The van der Waals surface area contributed by atoms with Crippen LogP contribution in [-0.2, 0) is 17.8 Å². The third kappa shape index (κ3) is 4.78. The van der Waals surface area contributed by atoms with E-state index in [1.165, 1.54) is 5.56 Å². The number of hydrogen-bond acceptors (Lipinski definition) is 3. The Balaban J connectivity index is 1.17. The minimum Gasteiger partial charge on any atom is -0.356 e. The number of carbonyl (C=O) groups is 1. The van der Waals surface area contributed by atoms with Gasteiger partial charge in [0.25, 0.3) is 0 Å². The molecule has 2 N–H and O–H groups in total. The maximum atomic E-state index is 12.4. The van der Waals surface area contributed by atoms with Crippen molar-refractivity contribution in [3.63, 3.8) is 0 Å². The number of amides is 1. The molecule has 0 spiro atoms. The molecule has 0 aliphatic carbocycles. The van der Waals surface area contributed by atoms with Crippen molar-refractivity contribution in [2.75, 3.05) is 19.6 Å². The standard InChI is InChI=1S/C23H28N4O/c28-23(24-14-6-9-18-7-2-1-3-8-18)19-12-15-27(16-13-19)17-22-25-20-10-4-5-11-21(20)26-22/h1-5,7-8,10-11,19H,6,9,12-17H2,(H,24,28)(H,25,26). The molecule has 2 aromatic carbocycles. The molecule has 1 amide bonds. The Morgan fingerprint density at radius 3 is 2.61 bits per heavy atom. The van der Waals surface area contributed by atoms with Gasteiger partial charge in [-0.25, -0.2) is 4.98 Å². The van der Waals surface area contributed by atoms with E-state index >= 15 is 0 Å². The molecule has 5 nitrogen and oxygen atoms in total. The first-order valence-corrected chi connectivity index (χ1v) is 10.3. The van der Waals surface area contributed by atoms with Crippen LogP contribution in [0.1, 0.15) is 30.7 Å². The Hall–Kier alpha value is -2.66. The lowest BCUT2D eigenvalue weighted by Gasteiger charge is -2.30. The van der Waals surface area contributed by atoms with Gasteiger partial charge in [-0.2, -0.15) is 0 Å². The van der Waals surface area contributed by atoms with E-state index in [1.54, 1.807) is 0 Å². The molecule has 5 heteroatoms. The van der Waals surface area contributed by atoms with E-state index in [9.17, 15) is 4.79 Å². The first kappa shape index (κ1) is 18.7. The van der Waals surface area contributed by atoms with E-state index in [1.807, 2.05) is 24.3 Å². The highest BCUT2D eigenvalue weighted by molar-refractivity contribution is 5.78. The molecule has 1 aromatic heterocycles. The van der Waals surface area contributed by atoms with Gasteiger partial charge in [0.2, 0.25) is 5.91 Å². The predicted molar refractivity (Wildman–Crippen MR) is 112 cm³/mol. The second-order valence-corrected chi connectivity index (χ2v) is 7.63. The Bertz CT molecular complexity index is 864. The fourth-order valence-electron chi connectivity index (χ4n) is 3.94. The SMILES string of the molecule is O=C(NCCCc1ccccc1)C1CCN(Cc2nc3ccccc3[nH]2)CC1. The quantitative estimate of drug-likeness (QED) is 0.620. The summed E-state index contributed by atoms with van der Waals surface area (Å²) in [5.41, 5.74) is 3.43. The molecule has 0 unspecified atom stereocenters. The summed E-state index contributed by atoms with van der Waals surface area (Å²) in [4.78, 5) is 22.9.